The van der Waals surface area contributed by atoms with E-state index in [-0.39, 0.29) is 24.4 Å². The van der Waals surface area contributed by atoms with Crippen molar-refractivity contribution in [2.75, 3.05) is 13.2 Å². The summed E-state index contributed by atoms with van der Waals surface area (Å²) in [5.41, 5.74) is 1.07. The van der Waals surface area contributed by atoms with Crippen molar-refractivity contribution in [3.63, 3.8) is 0 Å². The molecule has 1 aromatic rings. The summed E-state index contributed by atoms with van der Waals surface area (Å²) in [6, 6.07) is 7.98. The van der Waals surface area contributed by atoms with Gasteiger partial charge in [-0.1, -0.05) is 26.0 Å². The first kappa shape index (κ1) is 22.0. The molecule has 0 N–H and O–H groups in total. The van der Waals surface area contributed by atoms with Gasteiger partial charge in [0.05, 0.1) is 19.8 Å². The number of fused-ring (bicyclic) bond motifs is 3. The molecule has 168 valence electrons. The topological polar surface area (TPSA) is 64.6 Å². The Morgan fingerprint density at radius 1 is 0.867 bits per heavy atom. The third-order valence-corrected chi connectivity index (χ3v) is 5.31. The van der Waals surface area contributed by atoms with Gasteiger partial charge in [0.15, 0.2) is 17.9 Å². The molecule has 1 aromatic carbocycles. The minimum absolute atomic E-state index is 0.258. The van der Waals surface area contributed by atoms with Crippen LogP contribution in [0.25, 0.3) is 0 Å². The van der Waals surface area contributed by atoms with Gasteiger partial charge in [0, 0.05) is 0 Å². The van der Waals surface area contributed by atoms with Gasteiger partial charge in [-0.15, -0.1) is 0 Å². The van der Waals surface area contributed by atoms with Crippen molar-refractivity contribution in [2.45, 2.75) is 90.4 Å². The first-order valence-electron chi connectivity index (χ1n) is 10.8. The highest BCUT2D eigenvalue weighted by Gasteiger charge is 2.60. The molecule has 3 saturated heterocycles. The summed E-state index contributed by atoms with van der Waals surface area (Å²) in [6.45, 7) is 13.4. The molecular formula is C23H34O7. The minimum atomic E-state index is -0.717. The summed E-state index contributed by atoms with van der Waals surface area (Å²) < 4.78 is 42.1. The molecule has 30 heavy (non-hydrogen) atoms. The molecule has 5 unspecified atom stereocenters. The Labute approximate surface area is 178 Å². The van der Waals surface area contributed by atoms with Gasteiger partial charge < -0.3 is 33.2 Å². The number of benzene rings is 1. The zero-order valence-electron chi connectivity index (χ0n) is 18.8. The first-order valence-corrected chi connectivity index (χ1v) is 10.8. The van der Waals surface area contributed by atoms with E-state index >= 15 is 0 Å². The van der Waals surface area contributed by atoms with Crippen molar-refractivity contribution in [1.82, 2.24) is 0 Å². The summed E-state index contributed by atoms with van der Waals surface area (Å²) in [4.78, 5) is 0. The van der Waals surface area contributed by atoms with Crippen LogP contribution in [0.5, 0.6) is 5.75 Å². The molecule has 4 rings (SSSR count). The SMILES string of the molecule is CC(C)COc1ccc(COCC2OC3OC(C)(C)OC3C3OC(C)(C)OC23)cc1. The van der Waals surface area contributed by atoms with Gasteiger partial charge in [-0.3, -0.25) is 0 Å². The van der Waals surface area contributed by atoms with Crippen LogP contribution in [0.1, 0.15) is 47.1 Å². The van der Waals surface area contributed by atoms with Gasteiger partial charge in [-0.05, 0) is 51.3 Å². The molecule has 0 amide bonds. The summed E-state index contributed by atoms with van der Waals surface area (Å²) in [6.07, 6.45) is -1.65. The van der Waals surface area contributed by atoms with E-state index in [0.29, 0.717) is 25.7 Å². The number of hydrogen-bond acceptors (Lipinski definition) is 7. The molecule has 7 heteroatoms. The Morgan fingerprint density at radius 3 is 2.20 bits per heavy atom. The molecule has 0 bridgehead atoms. The highest BCUT2D eigenvalue weighted by molar-refractivity contribution is 5.26. The molecule has 3 heterocycles. The average Bonchev–Trinajstić information content (AvgIpc) is 3.15. The second kappa shape index (κ2) is 8.37. The largest absolute Gasteiger partial charge is 0.493 e. The third-order valence-electron chi connectivity index (χ3n) is 5.31. The van der Waals surface area contributed by atoms with E-state index in [4.69, 9.17) is 33.2 Å². The quantitative estimate of drug-likeness (QED) is 0.665. The van der Waals surface area contributed by atoms with E-state index < -0.39 is 17.9 Å². The fourth-order valence-corrected chi connectivity index (χ4v) is 4.07. The van der Waals surface area contributed by atoms with Crippen LogP contribution < -0.4 is 4.74 Å². The second-order valence-corrected chi connectivity index (χ2v) is 9.57. The van der Waals surface area contributed by atoms with Crippen molar-refractivity contribution in [3.8, 4) is 5.75 Å². The van der Waals surface area contributed by atoms with Gasteiger partial charge in [0.2, 0.25) is 0 Å². The van der Waals surface area contributed by atoms with Gasteiger partial charge in [-0.25, -0.2) is 0 Å². The average molecular weight is 423 g/mol. The van der Waals surface area contributed by atoms with Crippen LogP contribution in [0, 0.1) is 5.92 Å². The molecule has 0 aliphatic carbocycles. The lowest BCUT2D eigenvalue weighted by atomic mass is 9.99. The van der Waals surface area contributed by atoms with E-state index in [1.165, 1.54) is 0 Å². The predicted molar refractivity (Wildman–Crippen MR) is 109 cm³/mol. The number of rotatable bonds is 7. The molecule has 0 aromatic heterocycles. The standard InChI is InChI=1S/C23H34O7/c1-14(2)11-25-16-9-7-15(8-10-16)12-24-13-17-18-19(28-22(3,4)27-18)20-21(26-17)30-23(5,6)29-20/h7-10,14,17-21H,11-13H2,1-6H3. The molecule has 3 aliphatic heterocycles. The van der Waals surface area contributed by atoms with Crippen molar-refractivity contribution in [2.24, 2.45) is 5.92 Å². The normalized spacial score (nSPS) is 34.0. The van der Waals surface area contributed by atoms with Crippen LogP contribution in [-0.4, -0.2) is 55.5 Å². The maximum atomic E-state index is 6.17. The second-order valence-electron chi connectivity index (χ2n) is 9.57. The van der Waals surface area contributed by atoms with Crippen molar-refractivity contribution >= 4 is 0 Å². The van der Waals surface area contributed by atoms with Crippen LogP contribution in [-0.2, 0) is 35.0 Å². The zero-order valence-corrected chi connectivity index (χ0v) is 18.8. The maximum Gasteiger partial charge on any atom is 0.190 e. The molecule has 0 radical (unpaired) electrons. The molecule has 0 spiro atoms. The van der Waals surface area contributed by atoms with Crippen LogP contribution >= 0.6 is 0 Å². The van der Waals surface area contributed by atoms with Crippen LogP contribution in [0.4, 0.5) is 0 Å². The monoisotopic (exact) mass is 422 g/mol. The predicted octanol–water partition coefficient (Wildman–Crippen LogP) is 3.63. The molecule has 7 nitrogen and oxygen atoms in total. The summed E-state index contributed by atoms with van der Waals surface area (Å²) in [7, 11) is 0. The summed E-state index contributed by atoms with van der Waals surface area (Å²) in [5.74, 6) is -0.0473. The first-order chi connectivity index (χ1) is 14.1. The molecule has 0 saturated carbocycles. The maximum absolute atomic E-state index is 6.17. The lowest BCUT2D eigenvalue weighted by Crippen LogP contribution is -2.56. The summed E-state index contributed by atoms with van der Waals surface area (Å²) >= 11 is 0. The highest BCUT2D eigenvalue weighted by atomic mass is 16.9. The Hall–Kier alpha value is -1.22. The molecule has 3 fully saturated rings. The highest BCUT2D eigenvalue weighted by Crippen LogP contribution is 2.44. The van der Waals surface area contributed by atoms with Crippen molar-refractivity contribution < 1.29 is 33.2 Å². The van der Waals surface area contributed by atoms with Crippen molar-refractivity contribution in [3.05, 3.63) is 29.8 Å². The Bertz CT molecular complexity index is 715. The smallest absolute Gasteiger partial charge is 0.190 e. The van der Waals surface area contributed by atoms with Gasteiger partial charge in [-0.2, -0.15) is 0 Å². The molecule has 5 atom stereocenters. The van der Waals surface area contributed by atoms with E-state index in [1.807, 2.05) is 52.0 Å². The van der Waals surface area contributed by atoms with E-state index in [2.05, 4.69) is 13.8 Å². The van der Waals surface area contributed by atoms with E-state index in [1.54, 1.807) is 0 Å². The molecule has 3 aliphatic rings. The van der Waals surface area contributed by atoms with Crippen molar-refractivity contribution in [1.29, 1.82) is 0 Å². The van der Waals surface area contributed by atoms with E-state index in [0.717, 1.165) is 11.3 Å². The number of ether oxygens (including phenoxy) is 7. The van der Waals surface area contributed by atoms with Gasteiger partial charge in [0.25, 0.3) is 0 Å². The van der Waals surface area contributed by atoms with Gasteiger partial charge in [0.1, 0.15) is 30.2 Å². The lowest BCUT2D eigenvalue weighted by molar-refractivity contribution is -0.243. The molecular weight excluding hydrogens is 388 g/mol. The summed E-state index contributed by atoms with van der Waals surface area (Å²) in [5, 5.41) is 0. The lowest BCUT2D eigenvalue weighted by Gasteiger charge is -2.37. The zero-order chi connectivity index (χ0) is 21.5. The fraction of sp³-hybridized carbons (Fsp3) is 0.739. The van der Waals surface area contributed by atoms with E-state index in [9.17, 15) is 0 Å². The van der Waals surface area contributed by atoms with Gasteiger partial charge >= 0.3 is 0 Å². The van der Waals surface area contributed by atoms with Crippen LogP contribution in [0.2, 0.25) is 0 Å². The Kier molecular flexibility index (Phi) is 6.14. The van der Waals surface area contributed by atoms with Crippen LogP contribution in [0.15, 0.2) is 24.3 Å². The fourth-order valence-electron chi connectivity index (χ4n) is 4.07. The third kappa shape index (κ3) is 4.98. The van der Waals surface area contributed by atoms with Crippen LogP contribution in [0.3, 0.4) is 0 Å². The minimum Gasteiger partial charge on any atom is -0.493 e. The Morgan fingerprint density at radius 2 is 1.50 bits per heavy atom. The number of hydrogen-bond donors (Lipinski definition) is 0. The Balaban J connectivity index is 1.34.